The summed E-state index contributed by atoms with van der Waals surface area (Å²) in [6.45, 7) is 14.1. The third kappa shape index (κ3) is 25.7. The molecule has 0 bridgehead atoms. The molecule has 0 amide bonds. The van der Waals surface area contributed by atoms with Crippen LogP contribution in [0.15, 0.2) is 0 Å². The van der Waals surface area contributed by atoms with Crippen LogP contribution in [0.1, 0.15) is 20.3 Å². The van der Waals surface area contributed by atoms with E-state index in [2.05, 4.69) is 13.8 Å². The maximum atomic E-state index is 5.51. The molecule has 30 heavy (non-hydrogen) atoms. The van der Waals surface area contributed by atoms with Crippen LogP contribution in [0.25, 0.3) is 0 Å². The van der Waals surface area contributed by atoms with Crippen LogP contribution in [0.4, 0.5) is 0 Å². The maximum Gasteiger partial charge on any atom is 0.0701 e. The van der Waals surface area contributed by atoms with E-state index in [0.29, 0.717) is 112 Å². The lowest BCUT2D eigenvalue weighted by Gasteiger charge is -2.10. The molecule has 0 radical (unpaired) electrons. The molecule has 0 aliphatic rings. The zero-order valence-corrected chi connectivity index (χ0v) is 19.1. The molecule has 0 aromatic carbocycles. The fourth-order valence-electron chi connectivity index (χ4n) is 2.03. The highest BCUT2D eigenvalue weighted by molar-refractivity contribution is 4.46. The Kier molecular flexibility index (Phi) is 26.4. The Morgan fingerprint density at radius 1 is 0.467 bits per heavy atom. The topological polar surface area (TPSA) is 99.9 Å². The van der Waals surface area contributed by atoms with Crippen molar-refractivity contribution < 1.29 is 37.9 Å². The second kappa shape index (κ2) is 26.7. The van der Waals surface area contributed by atoms with Crippen LogP contribution < -0.4 is 5.73 Å². The van der Waals surface area contributed by atoms with Crippen molar-refractivity contribution in [1.29, 1.82) is 0 Å². The molecule has 0 aromatic heterocycles. The van der Waals surface area contributed by atoms with Gasteiger partial charge in [-0.2, -0.15) is 0 Å². The van der Waals surface area contributed by atoms with Crippen molar-refractivity contribution in [1.82, 2.24) is 0 Å². The fraction of sp³-hybridized carbons (Fsp3) is 1.00. The first kappa shape index (κ1) is 29.6. The summed E-state index contributed by atoms with van der Waals surface area (Å²) >= 11 is 0. The fourth-order valence-corrected chi connectivity index (χ4v) is 2.03. The lowest BCUT2D eigenvalue weighted by Crippen LogP contribution is -2.15. The van der Waals surface area contributed by atoms with Crippen LogP contribution in [0.5, 0.6) is 0 Å². The van der Waals surface area contributed by atoms with E-state index in [1.165, 1.54) is 0 Å². The number of rotatable bonds is 26. The number of hydrogen-bond donors (Lipinski definition) is 1. The minimum Gasteiger partial charge on any atom is -0.379 e. The predicted octanol–water partition coefficient (Wildman–Crippen LogP) is 1.12. The lowest BCUT2D eigenvalue weighted by atomic mass is 10.1. The molecule has 2 N–H and O–H groups in total. The quantitative estimate of drug-likeness (QED) is 0.199. The molecular weight excluding hydrogens is 394 g/mol. The Morgan fingerprint density at radius 3 is 1.00 bits per heavy atom. The molecule has 1 atom stereocenters. The monoisotopic (exact) mass is 439 g/mol. The SMILES string of the molecule is CCC(C)COCCOCCOCCOCCOCCOCCOCCOCCN. The minimum atomic E-state index is 0.534. The first-order valence-electron chi connectivity index (χ1n) is 11.1. The molecule has 0 fully saturated rings. The van der Waals surface area contributed by atoms with Gasteiger partial charge in [-0.3, -0.25) is 0 Å². The van der Waals surface area contributed by atoms with Crippen molar-refractivity contribution >= 4 is 0 Å². The van der Waals surface area contributed by atoms with Gasteiger partial charge in [0.2, 0.25) is 0 Å². The maximum absolute atomic E-state index is 5.51. The second-order valence-electron chi connectivity index (χ2n) is 6.66. The van der Waals surface area contributed by atoms with E-state index in [4.69, 9.17) is 43.6 Å². The molecule has 182 valence electrons. The zero-order valence-electron chi connectivity index (χ0n) is 19.1. The van der Waals surface area contributed by atoms with E-state index in [9.17, 15) is 0 Å². The van der Waals surface area contributed by atoms with Crippen LogP contribution in [-0.2, 0) is 37.9 Å². The van der Waals surface area contributed by atoms with Crippen molar-refractivity contribution in [3.05, 3.63) is 0 Å². The van der Waals surface area contributed by atoms with Crippen molar-refractivity contribution in [2.75, 3.05) is 112 Å². The van der Waals surface area contributed by atoms with Gasteiger partial charge in [-0.25, -0.2) is 0 Å². The van der Waals surface area contributed by atoms with Gasteiger partial charge in [-0.15, -0.1) is 0 Å². The van der Waals surface area contributed by atoms with Crippen molar-refractivity contribution in [3.63, 3.8) is 0 Å². The first-order chi connectivity index (χ1) is 14.8. The molecule has 9 heteroatoms. The van der Waals surface area contributed by atoms with E-state index in [0.717, 1.165) is 13.0 Å². The van der Waals surface area contributed by atoms with Crippen molar-refractivity contribution in [2.45, 2.75) is 20.3 Å². The molecule has 0 aromatic rings. The number of hydrogen-bond acceptors (Lipinski definition) is 9. The highest BCUT2D eigenvalue weighted by Crippen LogP contribution is 1.99. The van der Waals surface area contributed by atoms with E-state index >= 15 is 0 Å². The minimum absolute atomic E-state index is 0.534. The van der Waals surface area contributed by atoms with E-state index < -0.39 is 0 Å². The molecule has 0 aliphatic heterocycles. The third-order valence-electron chi connectivity index (χ3n) is 3.97. The average Bonchev–Trinajstić information content (AvgIpc) is 2.76. The van der Waals surface area contributed by atoms with Gasteiger partial charge >= 0.3 is 0 Å². The van der Waals surface area contributed by atoms with Crippen LogP contribution in [0, 0.1) is 5.92 Å². The summed E-state index contributed by atoms with van der Waals surface area (Å²) in [6.07, 6.45) is 1.14. The van der Waals surface area contributed by atoms with Gasteiger partial charge in [-0.1, -0.05) is 20.3 Å². The van der Waals surface area contributed by atoms with Gasteiger partial charge in [0.25, 0.3) is 0 Å². The molecule has 0 heterocycles. The summed E-state index contributed by atoms with van der Waals surface area (Å²) < 4.78 is 43.2. The Hall–Kier alpha value is -0.360. The number of nitrogens with two attached hydrogens (primary N) is 1. The summed E-state index contributed by atoms with van der Waals surface area (Å²) in [5, 5.41) is 0. The molecule has 0 saturated carbocycles. The average molecular weight is 440 g/mol. The van der Waals surface area contributed by atoms with Gasteiger partial charge in [0, 0.05) is 13.2 Å². The smallest absolute Gasteiger partial charge is 0.0701 e. The van der Waals surface area contributed by atoms with E-state index in [-0.39, 0.29) is 0 Å². The van der Waals surface area contributed by atoms with Gasteiger partial charge in [0.05, 0.1) is 99.1 Å². The summed E-state index contributed by atoms with van der Waals surface area (Å²) in [6, 6.07) is 0. The van der Waals surface area contributed by atoms with Gasteiger partial charge < -0.3 is 43.6 Å². The Morgan fingerprint density at radius 2 is 0.733 bits per heavy atom. The van der Waals surface area contributed by atoms with Gasteiger partial charge in [-0.05, 0) is 5.92 Å². The second-order valence-corrected chi connectivity index (χ2v) is 6.66. The predicted molar refractivity (Wildman–Crippen MR) is 115 cm³/mol. The van der Waals surface area contributed by atoms with Crippen LogP contribution in [0.3, 0.4) is 0 Å². The first-order valence-corrected chi connectivity index (χ1v) is 11.1. The highest BCUT2D eigenvalue weighted by atomic mass is 16.6. The van der Waals surface area contributed by atoms with Crippen LogP contribution >= 0.6 is 0 Å². The molecule has 0 aliphatic carbocycles. The molecule has 0 spiro atoms. The Labute approximate surface area is 182 Å². The third-order valence-corrected chi connectivity index (χ3v) is 3.97. The van der Waals surface area contributed by atoms with Gasteiger partial charge in [0.1, 0.15) is 0 Å². The molecular formula is C21H45NO8. The van der Waals surface area contributed by atoms with E-state index in [1.54, 1.807) is 0 Å². The molecule has 1 unspecified atom stereocenters. The standard InChI is InChI=1S/C21H45NO8/c1-3-21(2)20-30-19-18-29-17-16-28-15-14-27-13-12-26-11-10-25-9-8-24-7-6-23-5-4-22/h21H,3-20,22H2,1-2H3. The van der Waals surface area contributed by atoms with Crippen LogP contribution in [0.2, 0.25) is 0 Å². The van der Waals surface area contributed by atoms with Crippen molar-refractivity contribution in [3.8, 4) is 0 Å². The Bertz CT molecular complexity index is 313. The lowest BCUT2D eigenvalue weighted by molar-refractivity contribution is -0.0236. The summed E-state index contributed by atoms with van der Waals surface area (Å²) in [7, 11) is 0. The van der Waals surface area contributed by atoms with Crippen LogP contribution in [-0.4, -0.2) is 112 Å². The van der Waals surface area contributed by atoms with E-state index in [1.807, 2.05) is 0 Å². The molecule has 9 nitrogen and oxygen atoms in total. The number of ether oxygens (including phenoxy) is 8. The molecule has 0 rings (SSSR count). The summed E-state index contributed by atoms with van der Waals surface area (Å²) in [4.78, 5) is 0. The normalized spacial score (nSPS) is 12.5. The van der Waals surface area contributed by atoms with Gasteiger partial charge in [0.15, 0.2) is 0 Å². The van der Waals surface area contributed by atoms with Crippen molar-refractivity contribution in [2.24, 2.45) is 11.7 Å². The summed E-state index contributed by atoms with van der Waals surface area (Å²) in [5.74, 6) is 0.607. The highest BCUT2D eigenvalue weighted by Gasteiger charge is 1.98. The largest absolute Gasteiger partial charge is 0.379 e. The zero-order chi connectivity index (χ0) is 22.0. The summed E-state index contributed by atoms with van der Waals surface area (Å²) in [5.41, 5.74) is 5.31. The Balaban J connectivity index is 3.00. The molecule has 0 saturated heterocycles.